The maximum absolute atomic E-state index is 12.0. The molecule has 0 aromatic heterocycles. The topological polar surface area (TPSA) is 134 Å². The summed E-state index contributed by atoms with van der Waals surface area (Å²) in [5, 5.41) is 35.9. The average Bonchev–Trinajstić information content (AvgIpc) is 2.67. The molecule has 0 heterocycles. The highest BCUT2D eigenvalue weighted by Gasteiger charge is 2.22. The first-order valence-electron chi connectivity index (χ1n) is 7.83. The minimum Gasteiger partial charge on any atom is -0.459 e. The summed E-state index contributed by atoms with van der Waals surface area (Å²) in [6.45, 7) is -2.20. The third kappa shape index (κ3) is 8.04. The Balaban J connectivity index is 2.85. The van der Waals surface area contributed by atoms with Gasteiger partial charge in [0.05, 0.1) is 13.2 Å². The largest absolute Gasteiger partial charge is 0.459 e. The minimum absolute atomic E-state index is 0.465. The number of benzene rings is 1. The van der Waals surface area contributed by atoms with E-state index in [2.05, 4.69) is 0 Å². The van der Waals surface area contributed by atoms with Crippen molar-refractivity contribution in [3.63, 3.8) is 0 Å². The summed E-state index contributed by atoms with van der Waals surface area (Å²) >= 11 is 0. The van der Waals surface area contributed by atoms with Crippen molar-refractivity contribution in [3.05, 3.63) is 53.6 Å². The van der Waals surface area contributed by atoms with Crippen LogP contribution >= 0.6 is 0 Å². The first-order valence-corrected chi connectivity index (χ1v) is 7.83. The first kappa shape index (κ1) is 21.5. The number of rotatable bonds is 10. The van der Waals surface area contributed by atoms with Crippen molar-refractivity contribution >= 4 is 18.0 Å². The molecule has 4 N–H and O–H groups in total. The smallest absolute Gasteiger partial charge is 0.345 e. The zero-order valence-corrected chi connectivity index (χ0v) is 14.0. The number of hydrogen-bond donors (Lipinski definition) is 4. The van der Waals surface area contributed by atoms with Crippen molar-refractivity contribution < 1.29 is 39.5 Å². The molecule has 1 rings (SSSR count). The number of aliphatic hydroxyl groups is 4. The Labute approximate surface area is 150 Å². The Morgan fingerprint density at radius 1 is 0.923 bits per heavy atom. The summed E-state index contributed by atoms with van der Waals surface area (Å²) in [4.78, 5) is 24.1. The standard InChI is InChI=1S/C18H22O8/c19-9-14(21)11-25-17(23)16(18(24)26-12-15(22)10-20)8-4-7-13-5-2-1-3-6-13/h1-8,14-15,19-22H,9-12H2. The highest BCUT2D eigenvalue weighted by atomic mass is 16.6. The van der Waals surface area contributed by atoms with E-state index < -0.39 is 56.1 Å². The van der Waals surface area contributed by atoms with Crippen LogP contribution in [0.4, 0.5) is 0 Å². The third-order valence-corrected chi connectivity index (χ3v) is 3.03. The van der Waals surface area contributed by atoms with Gasteiger partial charge >= 0.3 is 11.9 Å². The van der Waals surface area contributed by atoms with Crippen LogP contribution in [0.3, 0.4) is 0 Å². The molecule has 0 aliphatic heterocycles. The molecule has 0 fully saturated rings. The van der Waals surface area contributed by atoms with Crippen LogP contribution < -0.4 is 0 Å². The van der Waals surface area contributed by atoms with Crippen molar-refractivity contribution in [3.8, 4) is 0 Å². The molecule has 26 heavy (non-hydrogen) atoms. The lowest BCUT2D eigenvalue weighted by Crippen LogP contribution is -2.27. The van der Waals surface area contributed by atoms with Gasteiger partial charge in [0.1, 0.15) is 31.0 Å². The van der Waals surface area contributed by atoms with Crippen molar-refractivity contribution in [2.45, 2.75) is 12.2 Å². The molecule has 2 atom stereocenters. The van der Waals surface area contributed by atoms with Crippen molar-refractivity contribution in [2.75, 3.05) is 26.4 Å². The highest BCUT2D eigenvalue weighted by molar-refractivity contribution is 6.14. The van der Waals surface area contributed by atoms with E-state index >= 15 is 0 Å². The van der Waals surface area contributed by atoms with E-state index in [-0.39, 0.29) is 0 Å². The molecule has 0 amide bonds. The summed E-state index contributed by atoms with van der Waals surface area (Å²) in [7, 11) is 0. The first-order chi connectivity index (χ1) is 12.5. The van der Waals surface area contributed by atoms with Crippen LogP contribution in [0, 0.1) is 0 Å². The van der Waals surface area contributed by atoms with E-state index in [1.54, 1.807) is 6.08 Å². The van der Waals surface area contributed by atoms with Crippen molar-refractivity contribution in [2.24, 2.45) is 0 Å². The quantitative estimate of drug-likeness (QED) is 0.142. The van der Waals surface area contributed by atoms with Crippen LogP contribution in [0.5, 0.6) is 0 Å². The summed E-state index contributed by atoms with van der Waals surface area (Å²) < 4.78 is 9.50. The zero-order valence-electron chi connectivity index (χ0n) is 14.0. The minimum atomic E-state index is -1.27. The molecule has 8 heteroatoms. The molecule has 0 radical (unpaired) electrons. The van der Waals surface area contributed by atoms with Crippen LogP contribution in [0.15, 0.2) is 48.1 Å². The summed E-state index contributed by atoms with van der Waals surface area (Å²) in [5.74, 6) is -2.11. The predicted molar refractivity (Wildman–Crippen MR) is 91.7 cm³/mol. The monoisotopic (exact) mass is 366 g/mol. The lowest BCUT2D eigenvalue weighted by molar-refractivity contribution is -0.151. The molecule has 0 aliphatic rings. The second-order valence-electron chi connectivity index (χ2n) is 5.22. The molecule has 0 spiro atoms. The Hall–Kier alpha value is -2.52. The predicted octanol–water partition coefficient (Wildman–Crippen LogP) is -0.581. The molecular weight excluding hydrogens is 344 g/mol. The fourth-order valence-electron chi connectivity index (χ4n) is 1.64. The fraction of sp³-hybridized carbons (Fsp3) is 0.333. The Bertz CT molecular complexity index is 595. The zero-order chi connectivity index (χ0) is 19.4. The van der Waals surface area contributed by atoms with Gasteiger partial charge in [0.15, 0.2) is 0 Å². The van der Waals surface area contributed by atoms with Crippen LogP contribution in [0.25, 0.3) is 6.08 Å². The summed E-state index contributed by atoms with van der Waals surface area (Å²) in [6, 6.07) is 9.11. The number of carbonyl (C=O) groups is 2. The Kier molecular flexibility index (Phi) is 9.88. The van der Waals surface area contributed by atoms with Gasteiger partial charge in [0.25, 0.3) is 0 Å². The molecule has 0 aliphatic carbocycles. The molecule has 2 unspecified atom stereocenters. The van der Waals surface area contributed by atoms with E-state index in [0.717, 1.165) is 5.56 Å². The van der Waals surface area contributed by atoms with Crippen molar-refractivity contribution in [1.29, 1.82) is 0 Å². The Morgan fingerprint density at radius 3 is 1.88 bits per heavy atom. The fourth-order valence-corrected chi connectivity index (χ4v) is 1.64. The highest BCUT2D eigenvalue weighted by Crippen LogP contribution is 2.07. The van der Waals surface area contributed by atoms with Gasteiger partial charge in [-0.05, 0) is 11.6 Å². The molecule has 0 saturated carbocycles. The molecule has 1 aromatic rings. The Morgan fingerprint density at radius 2 is 1.42 bits per heavy atom. The second kappa shape index (κ2) is 11.9. The lowest BCUT2D eigenvalue weighted by atomic mass is 10.2. The summed E-state index contributed by atoms with van der Waals surface area (Å²) in [5.41, 5.74) is 0.365. The maximum atomic E-state index is 12.0. The van der Waals surface area contributed by atoms with E-state index in [1.165, 1.54) is 12.2 Å². The second-order valence-corrected chi connectivity index (χ2v) is 5.22. The number of hydrogen-bond acceptors (Lipinski definition) is 8. The molecular formula is C18H22O8. The SMILES string of the molecule is O=C(OCC(O)CO)C(=CC=Cc1ccccc1)C(=O)OCC(O)CO. The number of allylic oxidation sites excluding steroid dienone is 2. The number of carbonyl (C=O) groups excluding carboxylic acids is 2. The molecule has 8 nitrogen and oxygen atoms in total. The molecule has 1 aromatic carbocycles. The van der Waals surface area contributed by atoms with Gasteiger partial charge in [0, 0.05) is 0 Å². The molecule has 0 bridgehead atoms. The normalized spacial score (nSPS) is 13.1. The van der Waals surface area contributed by atoms with E-state index in [0.29, 0.717) is 0 Å². The van der Waals surface area contributed by atoms with Crippen molar-refractivity contribution in [1.82, 2.24) is 0 Å². The third-order valence-electron chi connectivity index (χ3n) is 3.03. The number of aliphatic hydroxyl groups excluding tert-OH is 4. The van der Waals surface area contributed by atoms with Gasteiger partial charge in [-0.15, -0.1) is 0 Å². The van der Waals surface area contributed by atoms with E-state index in [4.69, 9.17) is 19.7 Å². The van der Waals surface area contributed by atoms with Gasteiger partial charge in [-0.1, -0.05) is 42.5 Å². The lowest BCUT2D eigenvalue weighted by Gasteiger charge is -2.12. The van der Waals surface area contributed by atoms with Gasteiger partial charge in [0.2, 0.25) is 0 Å². The number of esters is 2. The molecule has 0 saturated heterocycles. The van der Waals surface area contributed by atoms with Gasteiger partial charge in [-0.2, -0.15) is 0 Å². The van der Waals surface area contributed by atoms with Gasteiger partial charge in [-0.3, -0.25) is 0 Å². The van der Waals surface area contributed by atoms with Crippen LogP contribution in [0.1, 0.15) is 5.56 Å². The van der Waals surface area contributed by atoms with Gasteiger partial charge < -0.3 is 29.9 Å². The average molecular weight is 366 g/mol. The van der Waals surface area contributed by atoms with Crippen LogP contribution in [0.2, 0.25) is 0 Å². The van der Waals surface area contributed by atoms with E-state index in [1.807, 2.05) is 30.3 Å². The maximum Gasteiger partial charge on any atom is 0.345 e. The van der Waals surface area contributed by atoms with E-state index in [9.17, 15) is 19.8 Å². The van der Waals surface area contributed by atoms with Gasteiger partial charge in [-0.25, -0.2) is 9.59 Å². The van der Waals surface area contributed by atoms with Crippen LogP contribution in [-0.2, 0) is 19.1 Å². The van der Waals surface area contributed by atoms with Crippen LogP contribution in [-0.4, -0.2) is 71.0 Å². The summed E-state index contributed by atoms with van der Waals surface area (Å²) in [6.07, 6.45) is 1.72. The number of ether oxygens (including phenoxy) is 2. The molecule has 142 valence electrons.